The lowest BCUT2D eigenvalue weighted by atomic mass is 10.3. The minimum Gasteiger partial charge on any atom is -0.378 e. The van der Waals surface area contributed by atoms with Crippen molar-refractivity contribution in [2.75, 3.05) is 31.2 Å². The maximum atomic E-state index is 13.8. The van der Waals surface area contributed by atoms with Crippen LogP contribution in [0.2, 0.25) is 0 Å². The zero-order chi connectivity index (χ0) is 17.9. The summed E-state index contributed by atoms with van der Waals surface area (Å²) in [6.45, 7) is 4.59. The predicted molar refractivity (Wildman–Crippen MR) is 95.2 cm³/mol. The van der Waals surface area contributed by atoms with Gasteiger partial charge in [0.2, 0.25) is 5.95 Å². The van der Waals surface area contributed by atoms with E-state index < -0.39 is 0 Å². The van der Waals surface area contributed by atoms with Crippen molar-refractivity contribution in [1.29, 1.82) is 0 Å². The maximum absolute atomic E-state index is 13.8. The molecule has 1 aliphatic heterocycles. The van der Waals surface area contributed by atoms with E-state index in [0.29, 0.717) is 35.8 Å². The summed E-state index contributed by atoms with van der Waals surface area (Å²) in [5.74, 6) is 1.72. The fraction of sp³-hybridized carbons (Fsp3) is 0.353. The number of hydrogen-bond donors (Lipinski definition) is 0. The molecule has 0 radical (unpaired) electrons. The Hall–Kier alpha value is -2.39. The molecule has 3 heterocycles. The number of anilines is 1. The number of nitrogens with zero attached hydrogens (tertiary/aromatic N) is 5. The third-order valence-corrected chi connectivity index (χ3v) is 4.95. The molecule has 1 fully saturated rings. The molecule has 7 nitrogen and oxygen atoms in total. The molecule has 136 valence electrons. The molecule has 0 spiro atoms. The van der Waals surface area contributed by atoms with Gasteiger partial charge in [-0.3, -0.25) is 4.57 Å². The first-order chi connectivity index (χ1) is 12.7. The molecule has 0 N–H and O–H groups in total. The summed E-state index contributed by atoms with van der Waals surface area (Å²) in [5.41, 5.74) is 1.52. The Bertz CT molecular complexity index is 891. The summed E-state index contributed by atoms with van der Waals surface area (Å²) >= 11 is 1.47. The van der Waals surface area contributed by atoms with Gasteiger partial charge in [0.25, 0.3) is 0 Å². The van der Waals surface area contributed by atoms with Crippen molar-refractivity contribution in [2.24, 2.45) is 0 Å². The number of hydrogen-bond acceptors (Lipinski definition) is 7. The molecule has 0 bridgehead atoms. The standard InChI is InChI=1S/C17H18FN5O2S/c1-12-9-15(25-21-12)11-26-17-20-19-16(22-5-7-24-8-6-22)23(17)14-4-2-3-13(18)10-14/h2-4,9-10H,5-8,11H2,1H3. The molecular formula is C17H18FN5O2S. The third kappa shape index (κ3) is 3.58. The molecule has 0 saturated carbocycles. The van der Waals surface area contributed by atoms with E-state index in [1.165, 1.54) is 23.9 Å². The Kier molecular flexibility index (Phi) is 4.89. The summed E-state index contributed by atoms with van der Waals surface area (Å²) < 4.78 is 26.4. The van der Waals surface area contributed by atoms with E-state index in [1.54, 1.807) is 6.07 Å². The van der Waals surface area contributed by atoms with Crippen LogP contribution in [0.1, 0.15) is 11.5 Å². The van der Waals surface area contributed by atoms with Crippen LogP contribution in [-0.2, 0) is 10.5 Å². The third-order valence-electron chi connectivity index (χ3n) is 4.00. The van der Waals surface area contributed by atoms with Gasteiger partial charge in [0.1, 0.15) is 11.6 Å². The second kappa shape index (κ2) is 7.46. The van der Waals surface area contributed by atoms with Crippen LogP contribution in [0.25, 0.3) is 5.69 Å². The fourth-order valence-corrected chi connectivity index (χ4v) is 3.61. The van der Waals surface area contributed by atoms with Crippen LogP contribution in [-0.4, -0.2) is 46.2 Å². The van der Waals surface area contributed by atoms with Crippen molar-refractivity contribution in [3.05, 3.63) is 47.6 Å². The second-order valence-electron chi connectivity index (χ2n) is 5.92. The lowest BCUT2D eigenvalue weighted by molar-refractivity contribution is 0.122. The number of thioether (sulfide) groups is 1. The highest BCUT2D eigenvalue weighted by Gasteiger charge is 2.22. The highest BCUT2D eigenvalue weighted by atomic mass is 32.2. The summed E-state index contributed by atoms with van der Waals surface area (Å²) in [6, 6.07) is 8.32. The number of halogens is 1. The molecule has 3 aromatic rings. The van der Waals surface area contributed by atoms with Gasteiger partial charge in [0.05, 0.1) is 30.3 Å². The number of benzene rings is 1. The van der Waals surface area contributed by atoms with Gasteiger partial charge in [-0.1, -0.05) is 23.0 Å². The topological polar surface area (TPSA) is 69.2 Å². The summed E-state index contributed by atoms with van der Waals surface area (Å²) in [6.07, 6.45) is 0. The van der Waals surface area contributed by atoms with E-state index in [4.69, 9.17) is 9.26 Å². The van der Waals surface area contributed by atoms with Crippen molar-refractivity contribution >= 4 is 17.7 Å². The largest absolute Gasteiger partial charge is 0.378 e. The molecule has 0 amide bonds. The number of ether oxygens (including phenoxy) is 1. The van der Waals surface area contributed by atoms with Crippen molar-refractivity contribution in [2.45, 2.75) is 17.8 Å². The van der Waals surface area contributed by atoms with Crippen LogP contribution in [0, 0.1) is 12.7 Å². The normalized spacial score (nSPS) is 14.8. The zero-order valence-electron chi connectivity index (χ0n) is 14.3. The average molecular weight is 375 g/mol. The van der Waals surface area contributed by atoms with Crippen LogP contribution in [0.5, 0.6) is 0 Å². The number of aromatic nitrogens is 4. The first kappa shape index (κ1) is 17.0. The van der Waals surface area contributed by atoms with Crippen molar-refractivity contribution in [1.82, 2.24) is 19.9 Å². The number of morpholine rings is 1. The van der Waals surface area contributed by atoms with E-state index in [9.17, 15) is 4.39 Å². The monoisotopic (exact) mass is 375 g/mol. The van der Waals surface area contributed by atoms with Crippen LogP contribution >= 0.6 is 11.8 Å². The van der Waals surface area contributed by atoms with Gasteiger partial charge in [-0.2, -0.15) is 0 Å². The van der Waals surface area contributed by atoms with Crippen molar-refractivity contribution in [3.8, 4) is 5.69 Å². The van der Waals surface area contributed by atoms with Crippen LogP contribution in [0.15, 0.2) is 40.0 Å². The van der Waals surface area contributed by atoms with E-state index in [1.807, 2.05) is 23.6 Å². The van der Waals surface area contributed by atoms with Gasteiger partial charge < -0.3 is 14.2 Å². The molecular weight excluding hydrogens is 357 g/mol. The summed E-state index contributed by atoms with van der Waals surface area (Å²) in [7, 11) is 0. The molecule has 1 saturated heterocycles. The van der Waals surface area contributed by atoms with Gasteiger partial charge in [-0.25, -0.2) is 4.39 Å². The van der Waals surface area contributed by atoms with Gasteiger partial charge in [-0.05, 0) is 25.1 Å². The fourth-order valence-electron chi connectivity index (χ4n) is 2.79. The SMILES string of the molecule is Cc1cc(CSc2nnc(N3CCOCC3)n2-c2cccc(F)c2)on1. The van der Waals surface area contributed by atoms with E-state index in [2.05, 4.69) is 20.3 Å². The minimum atomic E-state index is -0.300. The smallest absolute Gasteiger partial charge is 0.232 e. The van der Waals surface area contributed by atoms with E-state index >= 15 is 0 Å². The first-order valence-electron chi connectivity index (χ1n) is 8.30. The Labute approximate surface area is 154 Å². The van der Waals surface area contributed by atoms with E-state index in [-0.39, 0.29) is 5.82 Å². The van der Waals surface area contributed by atoms with Crippen LogP contribution in [0.4, 0.5) is 10.3 Å². The minimum absolute atomic E-state index is 0.300. The molecule has 2 aromatic heterocycles. The van der Waals surface area contributed by atoms with Crippen molar-refractivity contribution in [3.63, 3.8) is 0 Å². The molecule has 4 rings (SSSR count). The molecule has 0 unspecified atom stereocenters. The highest BCUT2D eigenvalue weighted by molar-refractivity contribution is 7.98. The maximum Gasteiger partial charge on any atom is 0.232 e. The van der Waals surface area contributed by atoms with Crippen molar-refractivity contribution < 1.29 is 13.7 Å². The molecule has 0 atom stereocenters. The van der Waals surface area contributed by atoms with Gasteiger partial charge in [0.15, 0.2) is 5.16 Å². The predicted octanol–water partition coefficient (Wildman–Crippen LogP) is 2.83. The number of rotatable bonds is 5. The lowest BCUT2D eigenvalue weighted by Gasteiger charge is -2.27. The summed E-state index contributed by atoms with van der Waals surface area (Å²) in [5, 5.41) is 13.3. The number of aryl methyl sites for hydroxylation is 1. The van der Waals surface area contributed by atoms with E-state index in [0.717, 1.165) is 24.5 Å². The van der Waals surface area contributed by atoms with Crippen LogP contribution < -0.4 is 4.90 Å². The molecule has 0 aliphatic carbocycles. The molecule has 1 aromatic carbocycles. The van der Waals surface area contributed by atoms with Gasteiger partial charge in [0, 0.05) is 19.2 Å². The molecule has 9 heteroatoms. The highest BCUT2D eigenvalue weighted by Crippen LogP contribution is 2.29. The van der Waals surface area contributed by atoms with Gasteiger partial charge >= 0.3 is 0 Å². The molecule has 26 heavy (non-hydrogen) atoms. The second-order valence-corrected chi connectivity index (χ2v) is 6.86. The first-order valence-corrected chi connectivity index (χ1v) is 9.28. The Morgan fingerprint density at radius 1 is 1.19 bits per heavy atom. The van der Waals surface area contributed by atoms with Crippen LogP contribution in [0.3, 0.4) is 0 Å². The average Bonchev–Trinajstić information content (AvgIpc) is 3.26. The Morgan fingerprint density at radius 2 is 2.04 bits per heavy atom. The Morgan fingerprint density at radius 3 is 2.77 bits per heavy atom. The summed E-state index contributed by atoms with van der Waals surface area (Å²) in [4.78, 5) is 2.10. The van der Waals surface area contributed by atoms with Gasteiger partial charge in [-0.15, -0.1) is 10.2 Å². The molecule has 1 aliphatic rings. The Balaban J connectivity index is 1.67. The zero-order valence-corrected chi connectivity index (χ0v) is 15.1. The lowest BCUT2D eigenvalue weighted by Crippen LogP contribution is -2.37. The quantitative estimate of drug-likeness (QED) is 0.635.